The van der Waals surface area contributed by atoms with Gasteiger partial charge < -0.3 is 16.8 Å². The molecule has 0 saturated heterocycles. The van der Waals surface area contributed by atoms with Crippen LogP contribution in [0.1, 0.15) is 12.8 Å². The Morgan fingerprint density at radius 3 is 2.93 bits per heavy atom. The van der Waals surface area contributed by atoms with Gasteiger partial charge in [0.1, 0.15) is 11.6 Å². The first kappa shape index (κ1) is 10.2. The molecule has 0 unspecified atom stereocenters. The van der Waals surface area contributed by atoms with Crippen molar-refractivity contribution in [3.63, 3.8) is 0 Å². The van der Waals surface area contributed by atoms with E-state index in [-0.39, 0.29) is 5.91 Å². The molecule has 5 N–H and O–H groups in total. The minimum absolute atomic E-state index is 0.301. The molecule has 76 valence electrons. The van der Waals surface area contributed by atoms with E-state index in [1.54, 1.807) is 6.20 Å². The molecule has 0 fully saturated rings. The number of hydrogen-bond donors (Lipinski definition) is 3. The highest BCUT2D eigenvalue weighted by Crippen LogP contribution is 2.02. The maximum absolute atomic E-state index is 10.4. The van der Waals surface area contributed by atoms with Crippen LogP contribution in [-0.4, -0.2) is 22.4 Å². The third kappa shape index (κ3) is 3.70. The summed E-state index contributed by atoms with van der Waals surface area (Å²) < 4.78 is 0. The summed E-state index contributed by atoms with van der Waals surface area (Å²) >= 11 is 0. The Hall–Kier alpha value is -1.85. The second kappa shape index (κ2) is 5.00. The molecule has 1 rings (SSSR count). The smallest absolute Gasteiger partial charge is 0.217 e. The number of primary amides is 1. The molecule has 1 amide bonds. The average Bonchev–Trinajstić information content (AvgIpc) is 2.12. The zero-order valence-electron chi connectivity index (χ0n) is 7.73. The van der Waals surface area contributed by atoms with Gasteiger partial charge in [-0.1, -0.05) is 0 Å². The zero-order chi connectivity index (χ0) is 10.4. The lowest BCUT2D eigenvalue weighted by Gasteiger charge is -2.03. The number of carbonyl (C=O) groups excluding carboxylic acids is 1. The second-order valence-corrected chi connectivity index (χ2v) is 2.83. The molecule has 0 atom stereocenters. The topological polar surface area (TPSA) is 107 Å². The SMILES string of the molecule is NC(=O)CCCNc1cncc(N)n1. The van der Waals surface area contributed by atoms with Crippen LogP contribution >= 0.6 is 0 Å². The number of nitrogen functional groups attached to an aromatic ring is 1. The predicted octanol–water partition coefficient (Wildman–Crippen LogP) is -0.264. The van der Waals surface area contributed by atoms with Gasteiger partial charge in [0.2, 0.25) is 5.91 Å². The molecule has 14 heavy (non-hydrogen) atoms. The van der Waals surface area contributed by atoms with Crippen LogP contribution in [0.15, 0.2) is 12.4 Å². The Balaban J connectivity index is 2.28. The van der Waals surface area contributed by atoms with Gasteiger partial charge in [0.05, 0.1) is 12.4 Å². The van der Waals surface area contributed by atoms with Crippen LogP contribution in [0.5, 0.6) is 0 Å². The Kier molecular flexibility index (Phi) is 3.66. The molecule has 0 saturated carbocycles. The van der Waals surface area contributed by atoms with E-state index < -0.39 is 0 Å². The van der Waals surface area contributed by atoms with Gasteiger partial charge in [-0.3, -0.25) is 9.78 Å². The standard InChI is InChI=1S/C8H13N5O/c9-6-4-11-5-8(13-6)12-3-1-2-7(10)14/h4-5H,1-3H2,(H2,10,14)(H3,9,12,13). The molecule has 0 spiro atoms. The molecule has 0 aliphatic rings. The lowest BCUT2D eigenvalue weighted by molar-refractivity contribution is -0.118. The number of aromatic nitrogens is 2. The quantitative estimate of drug-likeness (QED) is 0.561. The van der Waals surface area contributed by atoms with Crippen molar-refractivity contribution in [1.82, 2.24) is 9.97 Å². The minimum Gasteiger partial charge on any atom is -0.382 e. The van der Waals surface area contributed by atoms with Crippen LogP contribution in [-0.2, 0) is 4.79 Å². The third-order valence-corrected chi connectivity index (χ3v) is 1.56. The van der Waals surface area contributed by atoms with E-state index >= 15 is 0 Å². The van der Waals surface area contributed by atoms with E-state index in [1.165, 1.54) is 6.20 Å². The van der Waals surface area contributed by atoms with E-state index in [0.29, 0.717) is 31.0 Å². The van der Waals surface area contributed by atoms with Gasteiger partial charge in [-0.15, -0.1) is 0 Å². The van der Waals surface area contributed by atoms with Crippen LogP contribution < -0.4 is 16.8 Å². The summed E-state index contributed by atoms with van der Waals surface area (Å²) in [5.74, 6) is 0.671. The fourth-order valence-corrected chi connectivity index (χ4v) is 0.945. The van der Waals surface area contributed by atoms with E-state index in [4.69, 9.17) is 11.5 Å². The van der Waals surface area contributed by atoms with Gasteiger partial charge in [0, 0.05) is 13.0 Å². The Morgan fingerprint density at radius 1 is 1.50 bits per heavy atom. The van der Waals surface area contributed by atoms with Crippen LogP contribution in [0.25, 0.3) is 0 Å². The van der Waals surface area contributed by atoms with E-state index in [1.807, 2.05) is 0 Å². The molecule has 0 aromatic carbocycles. The molecular weight excluding hydrogens is 182 g/mol. The molecular formula is C8H13N5O. The summed E-state index contributed by atoms with van der Waals surface area (Å²) in [4.78, 5) is 18.2. The van der Waals surface area contributed by atoms with Crippen molar-refractivity contribution in [3.05, 3.63) is 12.4 Å². The van der Waals surface area contributed by atoms with Crippen molar-refractivity contribution in [2.45, 2.75) is 12.8 Å². The maximum Gasteiger partial charge on any atom is 0.217 e. The summed E-state index contributed by atoms with van der Waals surface area (Å²) in [6.07, 6.45) is 4.07. The van der Waals surface area contributed by atoms with Gasteiger partial charge in [0.15, 0.2) is 0 Å². The second-order valence-electron chi connectivity index (χ2n) is 2.83. The molecule has 0 radical (unpaired) electrons. The number of rotatable bonds is 5. The number of nitrogens with two attached hydrogens (primary N) is 2. The van der Waals surface area contributed by atoms with Crippen LogP contribution in [0.4, 0.5) is 11.6 Å². The van der Waals surface area contributed by atoms with Gasteiger partial charge >= 0.3 is 0 Å². The first-order valence-electron chi connectivity index (χ1n) is 4.28. The highest BCUT2D eigenvalue weighted by Gasteiger charge is 1.96. The van der Waals surface area contributed by atoms with Gasteiger partial charge in [0.25, 0.3) is 0 Å². The molecule has 1 heterocycles. The normalized spacial score (nSPS) is 9.71. The molecule has 0 bridgehead atoms. The minimum atomic E-state index is -0.301. The molecule has 0 aliphatic heterocycles. The molecule has 1 aromatic heterocycles. The number of carbonyl (C=O) groups is 1. The fraction of sp³-hybridized carbons (Fsp3) is 0.375. The first-order valence-corrected chi connectivity index (χ1v) is 4.28. The molecule has 0 aliphatic carbocycles. The van der Waals surface area contributed by atoms with Gasteiger partial charge in [-0.25, -0.2) is 4.98 Å². The van der Waals surface area contributed by atoms with E-state index in [9.17, 15) is 4.79 Å². The fourth-order valence-electron chi connectivity index (χ4n) is 0.945. The number of nitrogens with zero attached hydrogens (tertiary/aromatic N) is 2. The van der Waals surface area contributed by atoms with Crippen molar-refractivity contribution >= 4 is 17.5 Å². The highest BCUT2D eigenvalue weighted by molar-refractivity contribution is 5.73. The summed E-state index contributed by atoms with van der Waals surface area (Å²) in [7, 11) is 0. The summed E-state index contributed by atoms with van der Waals surface area (Å²) in [5, 5.41) is 2.98. The number of nitrogens with one attached hydrogen (secondary N) is 1. The number of amides is 1. The van der Waals surface area contributed by atoms with Crippen LogP contribution in [0.2, 0.25) is 0 Å². The Labute approximate surface area is 81.7 Å². The van der Waals surface area contributed by atoms with Crippen molar-refractivity contribution in [1.29, 1.82) is 0 Å². The molecule has 6 nitrogen and oxygen atoms in total. The monoisotopic (exact) mass is 195 g/mol. The van der Waals surface area contributed by atoms with Crippen molar-refractivity contribution in [2.24, 2.45) is 5.73 Å². The number of anilines is 2. The van der Waals surface area contributed by atoms with Crippen molar-refractivity contribution in [2.75, 3.05) is 17.6 Å². The lowest BCUT2D eigenvalue weighted by Crippen LogP contribution is -2.13. The lowest BCUT2D eigenvalue weighted by atomic mass is 10.3. The third-order valence-electron chi connectivity index (χ3n) is 1.56. The van der Waals surface area contributed by atoms with Crippen LogP contribution in [0.3, 0.4) is 0 Å². The predicted molar refractivity (Wildman–Crippen MR) is 53.4 cm³/mol. The maximum atomic E-state index is 10.4. The Morgan fingerprint density at radius 2 is 2.29 bits per heavy atom. The zero-order valence-corrected chi connectivity index (χ0v) is 7.73. The van der Waals surface area contributed by atoms with Crippen molar-refractivity contribution < 1.29 is 4.79 Å². The Bertz CT molecular complexity index is 314. The van der Waals surface area contributed by atoms with E-state index in [2.05, 4.69) is 15.3 Å². The summed E-state index contributed by atoms with van der Waals surface area (Å²) in [5.41, 5.74) is 10.4. The van der Waals surface area contributed by atoms with Gasteiger partial charge in [-0.05, 0) is 6.42 Å². The highest BCUT2D eigenvalue weighted by atomic mass is 16.1. The van der Waals surface area contributed by atoms with Gasteiger partial charge in [-0.2, -0.15) is 0 Å². The first-order chi connectivity index (χ1) is 6.68. The molecule has 6 heteroatoms. The van der Waals surface area contributed by atoms with Crippen molar-refractivity contribution in [3.8, 4) is 0 Å². The average molecular weight is 195 g/mol. The van der Waals surface area contributed by atoms with Crippen LogP contribution in [0, 0.1) is 0 Å². The number of hydrogen-bond acceptors (Lipinski definition) is 5. The molecule has 1 aromatic rings. The van der Waals surface area contributed by atoms with E-state index in [0.717, 1.165) is 0 Å². The largest absolute Gasteiger partial charge is 0.382 e. The summed E-state index contributed by atoms with van der Waals surface area (Å²) in [6.45, 7) is 0.626. The summed E-state index contributed by atoms with van der Waals surface area (Å²) in [6, 6.07) is 0.